The molecule has 1 atom stereocenters. The highest BCUT2D eigenvalue weighted by molar-refractivity contribution is 9.10. The van der Waals surface area contributed by atoms with Crippen molar-refractivity contribution in [2.45, 2.75) is 19.4 Å². The van der Waals surface area contributed by atoms with E-state index < -0.39 is 4.92 Å². The van der Waals surface area contributed by atoms with E-state index in [1.54, 1.807) is 24.3 Å². The zero-order valence-electron chi connectivity index (χ0n) is 11.3. The summed E-state index contributed by atoms with van der Waals surface area (Å²) in [5.41, 5.74) is 6.53. The molecule has 1 aromatic carbocycles. The van der Waals surface area contributed by atoms with Gasteiger partial charge in [-0.05, 0) is 40.5 Å². The number of ether oxygens (including phenoxy) is 1. The first kappa shape index (κ1) is 15.4. The molecule has 0 fully saturated rings. The summed E-state index contributed by atoms with van der Waals surface area (Å²) >= 11 is 3.25. The Labute approximate surface area is 130 Å². The summed E-state index contributed by atoms with van der Waals surface area (Å²) in [6.45, 7) is 1.97. The number of para-hydroxylation sites is 1. The van der Waals surface area contributed by atoms with Gasteiger partial charge in [0.1, 0.15) is 5.75 Å². The molecule has 0 unspecified atom stereocenters. The van der Waals surface area contributed by atoms with E-state index in [0.29, 0.717) is 10.2 Å². The Balaban J connectivity index is 2.28. The van der Waals surface area contributed by atoms with Crippen LogP contribution in [0.3, 0.4) is 0 Å². The van der Waals surface area contributed by atoms with Crippen LogP contribution < -0.4 is 10.5 Å². The van der Waals surface area contributed by atoms with Gasteiger partial charge in [0.15, 0.2) is 0 Å². The van der Waals surface area contributed by atoms with Gasteiger partial charge < -0.3 is 10.5 Å². The van der Waals surface area contributed by atoms with Crippen molar-refractivity contribution >= 4 is 21.6 Å². The average Bonchev–Trinajstić information content (AvgIpc) is 2.49. The summed E-state index contributed by atoms with van der Waals surface area (Å²) < 4.78 is 6.08. The smallest absolute Gasteiger partial charge is 0.312 e. The van der Waals surface area contributed by atoms with Crippen LogP contribution in [0, 0.1) is 10.1 Å². The van der Waals surface area contributed by atoms with E-state index in [1.165, 1.54) is 12.3 Å². The predicted octanol–water partition coefficient (Wildman–Crippen LogP) is 3.95. The monoisotopic (exact) mass is 351 g/mol. The molecule has 2 aromatic rings. The van der Waals surface area contributed by atoms with Crippen LogP contribution in [0.4, 0.5) is 5.69 Å². The third-order valence-corrected chi connectivity index (χ3v) is 3.57. The Morgan fingerprint density at radius 1 is 1.43 bits per heavy atom. The van der Waals surface area contributed by atoms with Gasteiger partial charge in [-0.25, -0.2) is 0 Å². The van der Waals surface area contributed by atoms with Crippen LogP contribution in [0.5, 0.6) is 11.5 Å². The number of rotatable bonds is 5. The Morgan fingerprint density at radius 2 is 2.19 bits per heavy atom. The molecule has 0 bridgehead atoms. The molecule has 0 radical (unpaired) electrons. The van der Waals surface area contributed by atoms with E-state index in [9.17, 15) is 10.1 Å². The maximum Gasteiger partial charge on any atom is 0.312 e. The molecule has 7 heteroatoms. The van der Waals surface area contributed by atoms with Gasteiger partial charge in [-0.15, -0.1) is 0 Å². The predicted molar refractivity (Wildman–Crippen MR) is 82.3 cm³/mol. The van der Waals surface area contributed by atoms with Gasteiger partial charge >= 0.3 is 5.69 Å². The summed E-state index contributed by atoms with van der Waals surface area (Å²) in [6, 6.07) is 7.97. The fraction of sp³-hybridized carbons (Fsp3) is 0.214. The van der Waals surface area contributed by atoms with Gasteiger partial charge in [0.2, 0.25) is 5.75 Å². The normalized spacial score (nSPS) is 12.0. The molecular weight excluding hydrogens is 338 g/mol. The minimum absolute atomic E-state index is 0.112. The SMILES string of the molecule is CC[C@@H](N)c1ccc(Oc2c(Br)cccc2[N+](=O)[O-])cn1. The molecule has 0 aliphatic carbocycles. The topological polar surface area (TPSA) is 91.3 Å². The number of nitro groups is 1. The third-order valence-electron chi connectivity index (χ3n) is 2.94. The molecule has 0 amide bonds. The van der Waals surface area contributed by atoms with Crippen molar-refractivity contribution in [1.29, 1.82) is 0 Å². The molecule has 0 aliphatic heterocycles. The number of nitrogens with zero attached hydrogens (tertiary/aromatic N) is 2. The summed E-state index contributed by atoms with van der Waals surface area (Å²) in [5.74, 6) is 0.564. The zero-order chi connectivity index (χ0) is 15.4. The lowest BCUT2D eigenvalue weighted by molar-refractivity contribution is -0.385. The summed E-state index contributed by atoms with van der Waals surface area (Å²) in [4.78, 5) is 14.7. The minimum Gasteiger partial charge on any atom is -0.447 e. The number of hydrogen-bond acceptors (Lipinski definition) is 5. The van der Waals surface area contributed by atoms with E-state index in [0.717, 1.165) is 12.1 Å². The maximum absolute atomic E-state index is 11.0. The fourth-order valence-corrected chi connectivity index (χ4v) is 2.18. The Bertz CT molecular complexity index is 646. The lowest BCUT2D eigenvalue weighted by atomic mass is 10.1. The van der Waals surface area contributed by atoms with Crippen molar-refractivity contribution in [2.24, 2.45) is 5.73 Å². The molecule has 0 spiro atoms. The van der Waals surface area contributed by atoms with E-state index in [-0.39, 0.29) is 17.5 Å². The lowest BCUT2D eigenvalue weighted by Crippen LogP contribution is -2.10. The molecular formula is C14H14BrN3O3. The molecule has 2 N–H and O–H groups in total. The first-order chi connectivity index (χ1) is 10.0. The number of aromatic nitrogens is 1. The highest BCUT2D eigenvalue weighted by Crippen LogP contribution is 2.37. The average molecular weight is 352 g/mol. The van der Waals surface area contributed by atoms with Gasteiger partial charge in [-0.3, -0.25) is 15.1 Å². The van der Waals surface area contributed by atoms with Crippen LogP contribution >= 0.6 is 15.9 Å². The molecule has 0 saturated heterocycles. The van der Waals surface area contributed by atoms with Crippen LogP contribution in [0.15, 0.2) is 41.0 Å². The van der Waals surface area contributed by atoms with E-state index in [2.05, 4.69) is 20.9 Å². The first-order valence-corrected chi connectivity index (χ1v) is 7.14. The van der Waals surface area contributed by atoms with Crippen molar-refractivity contribution in [3.63, 3.8) is 0 Å². The van der Waals surface area contributed by atoms with Crippen molar-refractivity contribution in [3.8, 4) is 11.5 Å². The third kappa shape index (κ3) is 3.56. The Hall–Kier alpha value is -1.99. The van der Waals surface area contributed by atoms with E-state index in [1.807, 2.05) is 6.92 Å². The zero-order valence-corrected chi connectivity index (χ0v) is 12.9. The molecule has 2 rings (SSSR count). The van der Waals surface area contributed by atoms with Crippen molar-refractivity contribution < 1.29 is 9.66 Å². The highest BCUT2D eigenvalue weighted by atomic mass is 79.9. The molecule has 6 nitrogen and oxygen atoms in total. The molecule has 1 heterocycles. The number of pyridine rings is 1. The number of hydrogen-bond donors (Lipinski definition) is 1. The molecule has 1 aromatic heterocycles. The summed E-state index contributed by atoms with van der Waals surface area (Å²) in [7, 11) is 0. The quantitative estimate of drug-likeness (QED) is 0.650. The minimum atomic E-state index is -0.491. The van der Waals surface area contributed by atoms with E-state index in [4.69, 9.17) is 10.5 Å². The lowest BCUT2D eigenvalue weighted by Gasteiger charge is -2.10. The van der Waals surface area contributed by atoms with E-state index >= 15 is 0 Å². The van der Waals surface area contributed by atoms with Gasteiger partial charge in [0.25, 0.3) is 0 Å². The molecule has 0 saturated carbocycles. The van der Waals surface area contributed by atoms with Crippen LogP contribution in [-0.4, -0.2) is 9.91 Å². The molecule has 21 heavy (non-hydrogen) atoms. The van der Waals surface area contributed by atoms with Crippen molar-refractivity contribution in [3.05, 3.63) is 56.8 Å². The second-order valence-corrected chi connectivity index (χ2v) is 5.24. The van der Waals surface area contributed by atoms with Gasteiger partial charge in [0, 0.05) is 12.1 Å². The van der Waals surface area contributed by atoms with Crippen LogP contribution in [0.25, 0.3) is 0 Å². The van der Waals surface area contributed by atoms with Crippen molar-refractivity contribution in [1.82, 2.24) is 4.98 Å². The van der Waals surface area contributed by atoms with Gasteiger partial charge in [0.05, 0.1) is 21.3 Å². The fourth-order valence-electron chi connectivity index (χ4n) is 1.74. The molecule has 110 valence electrons. The number of halogens is 1. The van der Waals surface area contributed by atoms with Gasteiger partial charge in [-0.2, -0.15) is 0 Å². The molecule has 0 aliphatic rings. The van der Waals surface area contributed by atoms with Crippen LogP contribution in [0.1, 0.15) is 25.1 Å². The summed E-state index contributed by atoms with van der Waals surface area (Å²) in [6.07, 6.45) is 2.29. The number of benzene rings is 1. The van der Waals surface area contributed by atoms with Crippen molar-refractivity contribution in [2.75, 3.05) is 0 Å². The van der Waals surface area contributed by atoms with Gasteiger partial charge in [-0.1, -0.05) is 13.0 Å². The Kier molecular flexibility index (Phi) is 4.87. The second-order valence-electron chi connectivity index (χ2n) is 4.38. The van der Waals surface area contributed by atoms with Crippen LogP contribution in [-0.2, 0) is 0 Å². The maximum atomic E-state index is 11.0. The summed E-state index contributed by atoms with van der Waals surface area (Å²) in [5, 5.41) is 11.0. The Morgan fingerprint density at radius 3 is 2.76 bits per heavy atom. The standard InChI is InChI=1S/C14H14BrN3O3/c1-2-11(16)12-7-6-9(8-17-12)21-14-10(15)4-3-5-13(14)18(19)20/h3-8,11H,2,16H2,1H3/t11-/m1/s1. The van der Waals surface area contributed by atoms with Crippen LogP contribution in [0.2, 0.25) is 0 Å². The highest BCUT2D eigenvalue weighted by Gasteiger charge is 2.19. The largest absolute Gasteiger partial charge is 0.447 e. The second kappa shape index (κ2) is 6.64. The number of nitro benzene ring substituents is 1. The number of nitrogens with two attached hydrogens (primary N) is 1. The first-order valence-electron chi connectivity index (χ1n) is 6.35.